The third-order valence-corrected chi connectivity index (χ3v) is 7.56. The van der Waals surface area contributed by atoms with E-state index in [9.17, 15) is 17.6 Å². The van der Waals surface area contributed by atoms with Gasteiger partial charge in [-0.3, -0.25) is 4.79 Å². The van der Waals surface area contributed by atoms with Gasteiger partial charge in [-0.15, -0.1) is 0 Å². The lowest BCUT2D eigenvalue weighted by atomic mass is 9.89. The van der Waals surface area contributed by atoms with Crippen LogP contribution < -0.4 is 8.92 Å². The minimum atomic E-state index is -4.26. The average molecular weight is 562 g/mol. The summed E-state index contributed by atoms with van der Waals surface area (Å²) in [6, 6.07) is 28.6. The predicted molar refractivity (Wildman–Crippen MR) is 152 cm³/mol. The third-order valence-electron chi connectivity index (χ3n) is 6.31. The lowest BCUT2D eigenvalue weighted by Gasteiger charge is -2.30. The molecule has 0 N–H and O–H groups in total. The van der Waals surface area contributed by atoms with Gasteiger partial charge in [0.15, 0.2) is 11.5 Å². The number of carbonyl (C=O) groups is 1. The van der Waals surface area contributed by atoms with E-state index >= 15 is 0 Å². The van der Waals surface area contributed by atoms with Crippen molar-refractivity contribution in [1.29, 1.82) is 0 Å². The maximum absolute atomic E-state index is 14.2. The summed E-state index contributed by atoms with van der Waals surface area (Å²) in [5.74, 6) is -0.759. The van der Waals surface area contributed by atoms with Crippen molar-refractivity contribution < 1.29 is 26.5 Å². The first-order chi connectivity index (χ1) is 19.2. The molecule has 0 aliphatic heterocycles. The Morgan fingerprint density at radius 1 is 0.825 bits per heavy atom. The number of ether oxygens (including phenoxy) is 1. The van der Waals surface area contributed by atoms with Gasteiger partial charge in [0.25, 0.3) is 0 Å². The molecule has 0 aliphatic rings. The monoisotopic (exact) mass is 561 g/mol. The van der Waals surface area contributed by atoms with Gasteiger partial charge in [-0.05, 0) is 59.0 Å². The molecule has 4 aromatic rings. The summed E-state index contributed by atoms with van der Waals surface area (Å²) < 4.78 is 49.9. The van der Waals surface area contributed by atoms with Gasteiger partial charge in [0.2, 0.25) is 5.91 Å². The van der Waals surface area contributed by atoms with E-state index in [1.165, 1.54) is 7.11 Å². The van der Waals surface area contributed by atoms with Gasteiger partial charge in [-0.1, -0.05) is 80.6 Å². The van der Waals surface area contributed by atoms with Crippen LogP contribution in [-0.2, 0) is 21.5 Å². The largest absolute Gasteiger partial charge is 0.493 e. The highest BCUT2D eigenvalue weighted by Crippen LogP contribution is 2.33. The molecular formula is C32H32FNO5S. The molecule has 0 saturated heterocycles. The zero-order valence-corrected chi connectivity index (χ0v) is 23.5. The van der Waals surface area contributed by atoms with Crippen molar-refractivity contribution in [3.05, 3.63) is 126 Å². The molecule has 0 saturated carbocycles. The summed E-state index contributed by atoms with van der Waals surface area (Å²) in [5, 5.41) is 0. The van der Waals surface area contributed by atoms with Crippen molar-refractivity contribution in [3.63, 3.8) is 0 Å². The molecule has 6 nitrogen and oxygen atoms in total. The van der Waals surface area contributed by atoms with Crippen molar-refractivity contribution in [1.82, 2.24) is 4.90 Å². The van der Waals surface area contributed by atoms with Crippen LogP contribution in [0.25, 0.3) is 0 Å². The van der Waals surface area contributed by atoms with E-state index in [1.54, 1.807) is 23.1 Å². The number of hydrogen-bond donors (Lipinski definition) is 0. The Morgan fingerprint density at radius 2 is 1.40 bits per heavy atom. The van der Waals surface area contributed by atoms with Crippen molar-refractivity contribution in [3.8, 4) is 11.5 Å². The molecule has 0 unspecified atom stereocenters. The van der Waals surface area contributed by atoms with Crippen LogP contribution in [0.4, 0.5) is 4.39 Å². The molecule has 40 heavy (non-hydrogen) atoms. The lowest BCUT2D eigenvalue weighted by Crippen LogP contribution is -2.37. The highest BCUT2D eigenvalue weighted by molar-refractivity contribution is 7.87. The second-order valence-corrected chi connectivity index (χ2v) is 11.4. The summed E-state index contributed by atoms with van der Waals surface area (Å²) in [6.45, 7) is 4.80. The molecule has 0 aromatic heterocycles. The van der Waals surface area contributed by atoms with Crippen molar-refractivity contribution in [2.75, 3.05) is 13.7 Å². The first-order valence-electron chi connectivity index (χ1n) is 12.9. The maximum atomic E-state index is 14.2. The van der Waals surface area contributed by atoms with Crippen LogP contribution in [0.15, 0.2) is 108 Å². The summed E-state index contributed by atoms with van der Waals surface area (Å²) >= 11 is 0. The number of carbonyl (C=O) groups excluding carboxylic acids is 1. The summed E-state index contributed by atoms with van der Waals surface area (Å²) in [7, 11) is -2.85. The van der Waals surface area contributed by atoms with Gasteiger partial charge >= 0.3 is 10.1 Å². The topological polar surface area (TPSA) is 72.9 Å². The van der Waals surface area contributed by atoms with E-state index in [0.29, 0.717) is 12.1 Å². The fourth-order valence-electron chi connectivity index (χ4n) is 4.50. The summed E-state index contributed by atoms with van der Waals surface area (Å²) in [5.41, 5.74) is 2.44. The molecule has 4 aromatic carbocycles. The quantitative estimate of drug-likeness (QED) is 0.198. The van der Waals surface area contributed by atoms with E-state index in [-0.39, 0.29) is 34.8 Å². The lowest BCUT2D eigenvalue weighted by molar-refractivity contribution is -0.133. The SMILES string of the molecule is COc1ccc(CN(CC(C)C)C(=O)C(c2ccccc2)c2ccccc2)cc1OS(=O)(=O)c1ccc(F)cc1. The number of amides is 1. The first kappa shape index (κ1) is 28.8. The molecule has 0 radical (unpaired) electrons. The van der Waals surface area contributed by atoms with E-state index in [2.05, 4.69) is 0 Å². The molecule has 4 rings (SSSR count). The number of benzene rings is 4. The van der Waals surface area contributed by atoms with Crippen LogP contribution in [0.2, 0.25) is 0 Å². The first-order valence-corrected chi connectivity index (χ1v) is 14.3. The highest BCUT2D eigenvalue weighted by atomic mass is 32.2. The van der Waals surface area contributed by atoms with Crippen LogP contribution in [-0.4, -0.2) is 32.9 Å². The van der Waals surface area contributed by atoms with Crippen LogP contribution in [0, 0.1) is 11.7 Å². The summed E-state index contributed by atoms with van der Waals surface area (Å²) in [4.78, 5) is 15.8. The molecule has 0 bridgehead atoms. The summed E-state index contributed by atoms with van der Waals surface area (Å²) in [6.07, 6.45) is 0. The predicted octanol–water partition coefficient (Wildman–Crippen LogP) is 6.42. The molecule has 208 valence electrons. The fourth-order valence-corrected chi connectivity index (χ4v) is 5.43. The molecule has 0 fully saturated rings. The molecule has 8 heteroatoms. The fraction of sp³-hybridized carbons (Fsp3) is 0.219. The van der Waals surface area contributed by atoms with E-state index in [1.807, 2.05) is 74.5 Å². The Bertz CT molecular complexity index is 1490. The third kappa shape index (κ3) is 7.07. The highest BCUT2D eigenvalue weighted by Gasteiger charge is 2.28. The van der Waals surface area contributed by atoms with Crippen LogP contribution >= 0.6 is 0 Å². The molecule has 0 spiro atoms. The van der Waals surface area contributed by atoms with Gasteiger partial charge in [0.1, 0.15) is 10.7 Å². The number of hydrogen-bond acceptors (Lipinski definition) is 5. The Hall–Kier alpha value is -4.17. The number of methoxy groups -OCH3 is 1. The molecular weight excluding hydrogens is 529 g/mol. The van der Waals surface area contributed by atoms with Crippen molar-refractivity contribution >= 4 is 16.0 Å². The van der Waals surface area contributed by atoms with E-state index < -0.39 is 21.9 Å². The van der Waals surface area contributed by atoms with Gasteiger partial charge in [0.05, 0.1) is 13.0 Å². The van der Waals surface area contributed by atoms with Gasteiger partial charge < -0.3 is 13.8 Å². The minimum Gasteiger partial charge on any atom is -0.493 e. The molecule has 0 heterocycles. The minimum absolute atomic E-state index is 0.0241. The maximum Gasteiger partial charge on any atom is 0.339 e. The van der Waals surface area contributed by atoms with Crippen molar-refractivity contribution in [2.45, 2.75) is 31.2 Å². The van der Waals surface area contributed by atoms with E-state index in [4.69, 9.17) is 8.92 Å². The Morgan fingerprint density at radius 3 is 1.93 bits per heavy atom. The zero-order chi connectivity index (χ0) is 28.7. The molecule has 1 amide bonds. The van der Waals surface area contributed by atoms with Crippen LogP contribution in [0.3, 0.4) is 0 Å². The molecule has 0 atom stereocenters. The molecule has 0 aliphatic carbocycles. The zero-order valence-electron chi connectivity index (χ0n) is 22.7. The Labute approximate surface area is 235 Å². The van der Waals surface area contributed by atoms with Gasteiger partial charge in [-0.2, -0.15) is 8.42 Å². The van der Waals surface area contributed by atoms with Gasteiger partial charge in [0, 0.05) is 13.1 Å². The Balaban J connectivity index is 1.67. The number of halogens is 1. The Kier molecular flexibility index (Phi) is 9.22. The van der Waals surface area contributed by atoms with Crippen molar-refractivity contribution in [2.24, 2.45) is 5.92 Å². The standard InChI is InChI=1S/C32H32FNO5S/c1-23(2)21-34(32(35)31(25-10-6-4-7-11-25)26-12-8-5-9-13-26)22-24-14-19-29(38-3)30(20-24)39-40(36,37)28-17-15-27(33)16-18-28/h4-20,23,31H,21-22H2,1-3H3. The van der Waals surface area contributed by atoms with E-state index in [0.717, 1.165) is 35.4 Å². The van der Waals surface area contributed by atoms with Crippen LogP contribution in [0.1, 0.15) is 36.5 Å². The average Bonchev–Trinajstić information content (AvgIpc) is 2.94. The second kappa shape index (κ2) is 12.8. The number of rotatable bonds is 11. The normalized spacial score (nSPS) is 11.4. The van der Waals surface area contributed by atoms with Crippen LogP contribution in [0.5, 0.6) is 11.5 Å². The smallest absolute Gasteiger partial charge is 0.339 e. The number of nitrogens with zero attached hydrogens (tertiary/aromatic N) is 1. The second-order valence-electron chi connectivity index (χ2n) is 9.84. The van der Waals surface area contributed by atoms with Gasteiger partial charge in [-0.25, -0.2) is 4.39 Å².